The van der Waals surface area contributed by atoms with Crippen LogP contribution in [0.15, 0.2) is 18.2 Å². The molecule has 1 fully saturated rings. The Morgan fingerprint density at radius 3 is 2.62 bits per heavy atom. The van der Waals surface area contributed by atoms with Gasteiger partial charge in [0.15, 0.2) is 0 Å². The van der Waals surface area contributed by atoms with Crippen molar-refractivity contribution in [3.05, 3.63) is 23.8 Å². The highest BCUT2D eigenvalue weighted by Gasteiger charge is 2.22. The summed E-state index contributed by atoms with van der Waals surface area (Å²) in [6.07, 6.45) is 2.46. The molecular weight excluding hydrogens is 206 g/mol. The lowest BCUT2D eigenvalue weighted by molar-refractivity contribution is 0.0999. The van der Waals surface area contributed by atoms with Crippen LogP contribution in [0.3, 0.4) is 0 Å². The molecule has 0 radical (unpaired) electrons. The van der Waals surface area contributed by atoms with Gasteiger partial charge in [0, 0.05) is 11.6 Å². The van der Waals surface area contributed by atoms with Crippen molar-refractivity contribution in [2.75, 3.05) is 13.7 Å². The number of rotatable bonds is 5. The van der Waals surface area contributed by atoms with E-state index in [0.29, 0.717) is 29.6 Å². The van der Waals surface area contributed by atoms with E-state index in [2.05, 4.69) is 0 Å². The van der Waals surface area contributed by atoms with Gasteiger partial charge < -0.3 is 15.2 Å². The number of hydrogen-bond acceptors (Lipinski definition) is 3. The summed E-state index contributed by atoms with van der Waals surface area (Å²) in [5.41, 5.74) is 5.63. The quantitative estimate of drug-likeness (QED) is 0.821. The van der Waals surface area contributed by atoms with Crippen molar-refractivity contribution in [3.63, 3.8) is 0 Å². The maximum absolute atomic E-state index is 11.1. The molecule has 0 heterocycles. The van der Waals surface area contributed by atoms with Crippen LogP contribution in [0.25, 0.3) is 0 Å². The first-order chi connectivity index (χ1) is 7.69. The van der Waals surface area contributed by atoms with Crippen LogP contribution >= 0.6 is 0 Å². The van der Waals surface area contributed by atoms with Crippen molar-refractivity contribution in [1.29, 1.82) is 0 Å². The van der Waals surface area contributed by atoms with Crippen LogP contribution in [0.2, 0.25) is 0 Å². The molecule has 1 aliphatic rings. The maximum atomic E-state index is 11.1. The number of nitrogens with two attached hydrogens (primary N) is 1. The van der Waals surface area contributed by atoms with Crippen molar-refractivity contribution >= 4 is 5.91 Å². The standard InChI is InChI=1S/C12H15NO3/c1-15-10-4-9(12(13)14)5-11(6-10)16-7-8-2-3-8/h4-6,8H,2-3,7H2,1H3,(H2,13,14). The summed E-state index contributed by atoms with van der Waals surface area (Å²) in [6, 6.07) is 5.01. The topological polar surface area (TPSA) is 61.6 Å². The summed E-state index contributed by atoms with van der Waals surface area (Å²) < 4.78 is 10.7. The van der Waals surface area contributed by atoms with Crippen molar-refractivity contribution < 1.29 is 14.3 Å². The lowest BCUT2D eigenvalue weighted by Crippen LogP contribution is -2.11. The van der Waals surface area contributed by atoms with Gasteiger partial charge in [0.05, 0.1) is 13.7 Å². The number of primary amides is 1. The van der Waals surface area contributed by atoms with Crippen LogP contribution in [0.5, 0.6) is 11.5 Å². The lowest BCUT2D eigenvalue weighted by atomic mass is 10.2. The molecule has 0 bridgehead atoms. The second kappa shape index (κ2) is 4.43. The maximum Gasteiger partial charge on any atom is 0.248 e. The van der Waals surface area contributed by atoms with Crippen molar-refractivity contribution in [2.24, 2.45) is 11.7 Å². The minimum Gasteiger partial charge on any atom is -0.497 e. The Kier molecular flexibility index (Phi) is 2.99. The highest BCUT2D eigenvalue weighted by molar-refractivity contribution is 5.93. The minimum absolute atomic E-state index is 0.408. The molecule has 0 aromatic heterocycles. The van der Waals surface area contributed by atoms with Gasteiger partial charge in [-0.25, -0.2) is 0 Å². The summed E-state index contributed by atoms with van der Waals surface area (Å²) in [5, 5.41) is 0. The molecule has 1 aliphatic carbocycles. The van der Waals surface area contributed by atoms with E-state index >= 15 is 0 Å². The van der Waals surface area contributed by atoms with Crippen LogP contribution in [-0.4, -0.2) is 19.6 Å². The Bertz CT molecular complexity index is 399. The van der Waals surface area contributed by atoms with E-state index in [0.717, 1.165) is 0 Å². The molecule has 1 aromatic carbocycles. The molecule has 86 valence electrons. The second-order valence-corrected chi connectivity index (χ2v) is 4.02. The van der Waals surface area contributed by atoms with Crippen LogP contribution in [-0.2, 0) is 0 Å². The number of carbonyl (C=O) groups excluding carboxylic acids is 1. The first kappa shape index (κ1) is 10.8. The third kappa shape index (κ3) is 2.66. The van der Waals surface area contributed by atoms with E-state index in [4.69, 9.17) is 15.2 Å². The number of carbonyl (C=O) groups is 1. The Hall–Kier alpha value is -1.71. The molecule has 0 aliphatic heterocycles. The molecule has 2 N–H and O–H groups in total. The smallest absolute Gasteiger partial charge is 0.248 e. The fourth-order valence-corrected chi connectivity index (χ4v) is 1.41. The Morgan fingerprint density at radius 2 is 2.06 bits per heavy atom. The van der Waals surface area contributed by atoms with Gasteiger partial charge in [-0.05, 0) is 30.9 Å². The molecule has 1 amide bonds. The van der Waals surface area contributed by atoms with Crippen molar-refractivity contribution in [2.45, 2.75) is 12.8 Å². The molecule has 4 heteroatoms. The first-order valence-corrected chi connectivity index (χ1v) is 5.30. The lowest BCUT2D eigenvalue weighted by Gasteiger charge is -2.08. The molecular formula is C12H15NO3. The van der Waals surface area contributed by atoms with Gasteiger partial charge in [0.25, 0.3) is 0 Å². The molecule has 4 nitrogen and oxygen atoms in total. The molecule has 1 saturated carbocycles. The monoisotopic (exact) mass is 221 g/mol. The summed E-state index contributed by atoms with van der Waals surface area (Å²) in [6.45, 7) is 0.700. The highest BCUT2D eigenvalue weighted by Crippen LogP contribution is 2.30. The summed E-state index contributed by atoms with van der Waals surface area (Å²) >= 11 is 0. The van der Waals surface area contributed by atoms with Crippen LogP contribution in [0, 0.1) is 5.92 Å². The van der Waals surface area contributed by atoms with Crippen LogP contribution < -0.4 is 15.2 Å². The molecule has 0 unspecified atom stereocenters. The van der Waals surface area contributed by atoms with E-state index in [-0.39, 0.29) is 0 Å². The second-order valence-electron chi connectivity index (χ2n) is 4.02. The normalized spacial score (nSPS) is 14.6. The third-order valence-corrected chi connectivity index (χ3v) is 2.58. The van der Waals surface area contributed by atoms with Crippen LogP contribution in [0.4, 0.5) is 0 Å². The Balaban J connectivity index is 2.14. The molecule has 16 heavy (non-hydrogen) atoms. The van der Waals surface area contributed by atoms with Gasteiger partial charge in [-0.15, -0.1) is 0 Å². The molecule has 2 rings (SSSR count). The first-order valence-electron chi connectivity index (χ1n) is 5.30. The summed E-state index contributed by atoms with van der Waals surface area (Å²) in [7, 11) is 1.55. The number of ether oxygens (including phenoxy) is 2. The zero-order chi connectivity index (χ0) is 11.5. The molecule has 1 aromatic rings. The predicted molar refractivity (Wildman–Crippen MR) is 59.7 cm³/mol. The van der Waals surface area contributed by atoms with Crippen molar-refractivity contribution in [1.82, 2.24) is 0 Å². The van der Waals surface area contributed by atoms with Gasteiger partial charge in [-0.2, -0.15) is 0 Å². The van der Waals surface area contributed by atoms with Gasteiger partial charge in [0.1, 0.15) is 11.5 Å². The van der Waals surface area contributed by atoms with E-state index in [9.17, 15) is 4.79 Å². The third-order valence-electron chi connectivity index (χ3n) is 2.58. The zero-order valence-corrected chi connectivity index (χ0v) is 9.23. The highest BCUT2D eigenvalue weighted by atomic mass is 16.5. The van der Waals surface area contributed by atoms with E-state index in [1.54, 1.807) is 25.3 Å². The largest absolute Gasteiger partial charge is 0.497 e. The van der Waals surface area contributed by atoms with Gasteiger partial charge in [-0.1, -0.05) is 0 Å². The average molecular weight is 221 g/mol. The fourth-order valence-electron chi connectivity index (χ4n) is 1.41. The molecule has 0 atom stereocenters. The van der Waals surface area contributed by atoms with E-state index in [1.807, 2.05) is 0 Å². The Labute approximate surface area is 94.3 Å². The van der Waals surface area contributed by atoms with Gasteiger partial charge >= 0.3 is 0 Å². The van der Waals surface area contributed by atoms with Gasteiger partial charge in [0.2, 0.25) is 5.91 Å². The van der Waals surface area contributed by atoms with E-state index < -0.39 is 5.91 Å². The average Bonchev–Trinajstić information content (AvgIpc) is 3.09. The zero-order valence-electron chi connectivity index (χ0n) is 9.23. The number of methoxy groups -OCH3 is 1. The Morgan fingerprint density at radius 1 is 1.38 bits per heavy atom. The van der Waals surface area contributed by atoms with Crippen LogP contribution in [0.1, 0.15) is 23.2 Å². The minimum atomic E-state index is -0.477. The van der Waals surface area contributed by atoms with E-state index in [1.165, 1.54) is 12.8 Å². The summed E-state index contributed by atoms with van der Waals surface area (Å²) in [4.78, 5) is 11.1. The predicted octanol–water partition coefficient (Wildman–Crippen LogP) is 1.58. The number of benzene rings is 1. The molecule has 0 saturated heterocycles. The number of hydrogen-bond donors (Lipinski definition) is 1. The SMILES string of the molecule is COc1cc(OCC2CC2)cc(C(N)=O)c1. The van der Waals surface area contributed by atoms with Crippen molar-refractivity contribution in [3.8, 4) is 11.5 Å². The molecule has 0 spiro atoms. The van der Waals surface area contributed by atoms with Gasteiger partial charge in [-0.3, -0.25) is 4.79 Å². The fraction of sp³-hybridized carbons (Fsp3) is 0.417. The number of amides is 1. The summed E-state index contributed by atoms with van der Waals surface area (Å²) in [5.74, 6) is 1.42.